The van der Waals surface area contributed by atoms with Gasteiger partial charge in [-0.3, -0.25) is 19.2 Å². The Labute approximate surface area is 233 Å². The average Bonchev–Trinajstić information content (AvgIpc) is 3.80. The highest BCUT2D eigenvalue weighted by Gasteiger charge is 2.62. The van der Waals surface area contributed by atoms with Gasteiger partial charge >= 0.3 is 6.09 Å². The maximum atomic E-state index is 13.7. The second-order valence-corrected chi connectivity index (χ2v) is 13.6. The van der Waals surface area contributed by atoms with Crippen molar-refractivity contribution in [3.63, 3.8) is 0 Å². The fourth-order valence-corrected chi connectivity index (χ4v) is 6.38. The number of likely N-dealkylation sites (tertiary alicyclic amines) is 1. The van der Waals surface area contributed by atoms with Crippen molar-refractivity contribution in [3.8, 4) is 5.88 Å². The summed E-state index contributed by atoms with van der Waals surface area (Å²) in [5, 5.41) is 3.88. The van der Waals surface area contributed by atoms with Gasteiger partial charge in [0, 0.05) is 23.9 Å². The summed E-state index contributed by atoms with van der Waals surface area (Å²) < 4.78 is 38.8. The Morgan fingerprint density at radius 3 is 2.55 bits per heavy atom. The van der Waals surface area contributed by atoms with E-state index in [4.69, 9.17) is 9.47 Å². The van der Waals surface area contributed by atoms with Gasteiger partial charge in [-0.1, -0.05) is 24.3 Å². The zero-order valence-corrected chi connectivity index (χ0v) is 23.6. The largest absolute Gasteiger partial charge is 0.472 e. The van der Waals surface area contributed by atoms with E-state index in [2.05, 4.69) is 21.6 Å². The molecule has 12 heteroatoms. The molecule has 1 aliphatic heterocycles. The van der Waals surface area contributed by atoms with Crippen LogP contribution in [-0.2, 0) is 24.3 Å². The van der Waals surface area contributed by atoms with E-state index < -0.39 is 62.4 Å². The molecule has 4 atom stereocenters. The molecular formula is C28H34N4O7S. The average molecular weight is 571 g/mol. The lowest BCUT2D eigenvalue weighted by molar-refractivity contribution is -0.131. The van der Waals surface area contributed by atoms with Crippen LogP contribution in [-0.4, -0.2) is 71.3 Å². The number of nitrogens with one attached hydrogen (secondary N) is 2. The SMILES string of the molecule is C=CC1CC1(NC(=O)C1CC(Oc2nccc3ccccc23)CN1C(=O)OC(C)(C)C)C(=O)NS(=O)(=O)C1CC1. The van der Waals surface area contributed by atoms with Gasteiger partial charge in [0.05, 0.1) is 11.8 Å². The van der Waals surface area contributed by atoms with Crippen molar-refractivity contribution in [1.29, 1.82) is 0 Å². The first-order valence-electron chi connectivity index (χ1n) is 13.3. The molecule has 40 heavy (non-hydrogen) atoms. The first kappa shape index (κ1) is 27.9. The lowest BCUT2D eigenvalue weighted by Crippen LogP contribution is -2.56. The third-order valence-corrected chi connectivity index (χ3v) is 9.18. The number of aromatic nitrogens is 1. The molecule has 3 aliphatic rings. The molecular weight excluding hydrogens is 536 g/mol. The van der Waals surface area contributed by atoms with Gasteiger partial charge in [-0.05, 0) is 57.6 Å². The number of carbonyl (C=O) groups excluding carboxylic acids is 3. The highest BCUT2D eigenvalue weighted by Crippen LogP contribution is 2.45. The van der Waals surface area contributed by atoms with Gasteiger partial charge in [0.25, 0.3) is 5.91 Å². The second kappa shape index (κ2) is 10.1. The van der Waals surface area contributed by atoms with Crippen LogP contribution in [0, 0.1) is 5.92 Å². The van der Waals surface area contributed by atoms with Gasteiger partial charge in [-0.25, -0.2) is 18.2 Å². The van der Waals surface area contributed by atoms with E-state index in [1.807, 2.05) is 30.3 Å². The van der Waals surface area contributed by atoms with Crippen molar-refractivity contribution in [3.05, 3.63) is 49.2 Å². The Balaban J connectivity index is 1.37. The summed E-state index contributed by atoms with van der Waals surface area (Å²) >= 11 is 0. The van der Waals surface area contributed by atoms with Gasteiger partial charge in [0.1, 0.15) is 23.3 Å². The van der Waals surface area contributed by atoms with E-state index in [0.717, 1.165) is 10.8 Å². The third-order valence-electron chi connectivity index (χ3n) is 7.36. The summed E-state index contributed by atoms with van der Waals surface area (Å²) in [7, 11) is -3.82. The van der Waals surface area contributed by atoms with Gasteiger partial charge in [-0.2, -0.15) is 0 Å². The number of sulfonamides is 1. The van der Waals surface area contributed by atoms with Crippen LogP contribution in [0.3, 0.4) is 0 Å². The number of nitrogens with zero attached hydrogens (tertiary/aromatic N) is 2. The first-order chi connectivity index (χ1) is 18.8. The van der Waals surface area contributed by atoms with Crippen LogP contribution in [0.5, 0.6) is 5.88 Å². The van der Waals surface area contributed by atoms with E-state index in [1.165, 1.54) is 11.0 Å². The minimum Gasteiger partial charge on any atom is -0.472 e. The predicted molar refractivity (Wildman–Crippen MR) is 147 cm³/mol. The maximum absolute atomic E-state index is 13.7. The Morgan fingerprint density at radius 2 is 1.90 bits per heavy atom. The number of rotatable bonds is 8. The summed E-state index contributed by atoms with van der Waals surface area (Å²) in [4.78, 5) is 45.6. The van der Waals surface area contributed by atoms with E-state index >= 15 is 0 Å². The fraction of sp³-hybridized carbons (Fsp3) is 0.500. The fourth-order valence-electron chi connectivity index (χ4n) is 5.02. The summed E-state index contributed by atoms with van der Waals surface area (Å²) in [5.74, 6) is -1.48. The van der Waals surface area contributed by atoms with Crippen LogP contribution in [0.1, 0.15) is 46.5 Å². The summed E-state index contributed by atoms with van der Waals surface area (Å²) in [5.41, 5.74) is -2.27. The van der Waals surface area contributed by atoms with Gasteiger partial charge in [0.2, 0.25) is 21.8 Å². The van der Waals surface area contributed by atoms with E-state index in [-0.39, 0.29) is 19.4 Å². The van der Waals surface area contributed by atoms with Crippen molar-refractivity contribution in [2.75, 3.05) is 6.54 Å². The molecule has 2 aromatic rings. The molecule has 2 saturated carbocycles. The second-order valence-electron chi connectivity index (χ2n) is 11.6. The molecule has 2 N–H and O–H groups in total. The summed E-state index contributed by atoms with van der Waals surface area (Å²) in [6.07, 6.45) is 3.16. The minimum atomic E-state index is -3.82. The topological polar surface area (TPSA) is 144 Å². The van der Waals surface area contributed by atoms with Crippen molar-refractivity contribution in [2.24, 2.45) is 5.92 Å². The van der Waals surface area contributed by atoms with Crippen molar-refractivity contribution in [1.82, 2.24) is 19.9 Å². The Kier molecular flexibility index (Phi) is 7.01. The van der Waals surface area contributed by atoms with E-state index in [0.29, 0.717) is 18.7 Å². The molecule has 1 saturated heterocycles. The van der Waals surface area contributed by atoms with Crippen LogP contribution in [0.25, 0.3) is 10.8 Å². The zero-order valence-electron chi connectivity index (χ0n) is 22.8. The number of amides is 3. The van der Waals surface area contributed by atoms with Gasteiger partial charge in [0.15, 0.2) is 0 Å². The number of benzene rings is 1. The number of hydrogen-bond acceptors (Lipinski definition) is 8. The number of carbonyl (C=O) groups is 3. The molecule has 1 aromatic heterocycles. The van der Waals surface area contributed by atoms with E-state index in [1.54, 1.807) is 27.0 Å². The Morgan fingerprint density at radius 1 is 1.18 bits per heavy atom. The standard InChI is InChI=1S/C28H34N4O7S/c1-5-18-15-28(18,25(34)31-40(36,37)20-10-11-20)30-23(33)22-14-19(16-32(22)26(35)39-27(2,3)4)38-24-21-9-7-6-8-17(21)12-13-29-24/h5-9,12-13,18-20,22H,1,10-11,14-16H2,2-4H3,(H,30,33)(H,31,34). The van der Waals surface area contributed by atoms with Gasteiger partial charge < -0.3 is 14.8 Å². The monoisotopic (exact) mass is 570 g/mol. The van der Waals surface area contributed by atoms with Gasteiger partial charge in [-0.15, -0.1) is 6.58 Å². The molecule has 2 heterocycles. The third kappa shape index (κ3) is 5.63. The van der Waals surface area contributed by atoms with Crippen molar-refractivity contribution in [2.45, 2.75) is 75.0 Å². The summed E-state index contributed by atoms with van der Waals surface area (Å²) in [6.45, 7) is 8.95. The normalized spacial score (nSPS) is 26.2. The summed E-state index contributed by atoms with van der Waals surface area (Å²) in [6, 6.07) is 8.42. The molecule has 5 rings (SSSR count). The highest BCUT2D eigenvalue weighted by atomic mass is 32.2. The lowest BCUT2D eigenvalue weighted by Gasteiger charge is -2.29. The molecule has 4 unspecified atom stereocenters. The minimum absolute atomic E-state index is 0.0536. The number of ether oxygens (including phenoxy) is 2. The molecule has 2 aliphatic carbocycles. The quantitative estimate of drug-likeness (QED) is 0.461. The van der Waals surface area contributed by atoms with Crippen LogP contribution in [0.2, 0.25) is 0 Å². The Hall–Kier alpha value is -3.67. The first-order valence-corrected chi connectivity index (χ1v) is 14.9. The van der Waals surface area contributed by atoms with E-state index in [9.17, 15) is 22.8 Å². The van der Waals surface area contributed by atoms with Crippen LogP contribution in [0.4, 0.5) is 4.79 Å². The Bertz CT molecular complexity index is 1460. The molecule has 1 aromatic carbocycles. The molecule has 11 nitrogen and oxygen atoms in total. The maximum Gasteiger partial charge on any atom is 0.411 e. The molecule has 214 valence electrons. The molecule has 3 fully saturated rings. The number of fused-ring (bicyclic) bond motifs is 1. The number of pyridine rings is 1. The molecule has 0 bridgehead atoms. The predicted octanol–water partition coefficient (Wildman–Crippen LogP) is 2.66. The van der Waals surface area contributed by atoms with Crippen molar-refractivity contribution >= 4 is 38.7 Å². The van der Waals surface area contributed by atoms with Crippen LogP contribution >= 0.6 is 0 Å². The highest BCUT2D eigenvalue weighted by molar-refractivity contribution is 7.91. The lowest BCUT2D eigenvalue weighted by atomic mass is 10.1. The molecule has 0 radical (unpaired) electrons. The van der Waals surface area contributed by atoms with Crippen LogP contribution < -0.4 is 14.8 Å². The smallest absolute Gasteiger partial charge is 0.411 e. The molecule has 3 amide bonds. The molecule has 0 spiro atoms. The van der Waals surface area contributed by atoms with Crippen molar-refractivity contribution < 1.29 is 32.3 Å². The zero-order chi connectivity index (χ0) is 28.9. The van der Waals surface area contributed by atoms with Crippen LogP contribution in [0.15, 0.2) is 49.2 Å². The number of hydrogen-bond donors (Lipinski definition) is 2.